The highest BCUT2D eigenvalue weighted by Gasteiger charge is 1.98. The minimum absolute atomic E-state index is 0.0553. The second kappa shape index (κ2) is 3.05. The quantitative estimate of drug-likeness (QED) is 0.491. The zero-order chi connectivity index (χ0) is 10.9. The summed E-state index contributed by atoms with van der Waals surface area (Å²) >= 11 is 0. The van der Waals surface area contributed by atoms with Crippen molar-refractivity contribution in [1.29, 1.82) is 0 Å². The zero-order valence-electron chi connectivity index (χ0n) is 8.59. The summed E-state index contributed by atoms with van der Waals surface area (Å²) in [5.41, 5.74) is -0.0553. The molecule has 3 heteroatoms. The van der Waals surface area contributed by atoms with Crippen LogP contribution in [0.5, 0.6) is 11.5 Å². The number of benzene rings is 1. The first-order chi connectivity index (χ1) is 6.50. The Bertz CT molecular complexity index is 361. The predicted octanol–water partition coefficient (Wildman–Crippen LogP) is 0.839. The Balaban J connectivity index is 3.50. The van der Waals surface area contributed by atoms with Gasteiger partial charge in [-0.15, -0.1) is 0 Å². The molecule has 1 aromatic carbocycles. The summed E-state index contributed by atoms with van der Waals surface area (Å²) in [5, 5.41) is 18.3. The van der Waals surface area contributed by atoms with Gasteiger partial charge in [0.05, 0.1) is 4.11 Å². The molecule has 58 valence electrons. The fourth-order valence-electron chi connectivity index (χ4n) is 0.613. The van der Waals surface area contributed by atoms with Crippen molar-refractivity contribution in [1.82, 2.24) is 0 Å². The molecule has 0 bridgehead atoms. The Kier molecular flexibility index (Phi) is 1.22. The van der Waals surface area contributed by atoms with Gasteiger partial charge in [-0.2, -0.15) is 0 Å². The highest BCUT2D eigenvalue weighted by molar-refractivity contribution is 5.56. The molecule has 0 aliphatic heterocycles. The molecule has 11 heavy (non-hydrogen) atoms. The van der Waals surface area contributed by atoms with Crippen molar-refractivity contribution in [3.05, 3.63) is 23.7 Å². The third-order valence-electron chi connectivity index (χ3n) is 1.11. The van der Waals surface area contributed by atoms with Crippen LogP contribution >= 0.6 is 0 Å². The zero-order valence-corrected chi connectivity index (χ0v) is 5.59. The Labute approximate surface area is 68.1 Å². The van der Waals surface area contributed by atoms with Crippen molar-refractivity contribution >= 4 is 6.29 Å². The number of hydrogen-bond donors (Lipinski definition) is 2. The molecule has 0 spiro atoms. The lowest BCUT2D eigenvalue weighted by atomic mass is 10.1. The van der Waals surface area contributed by atoms with Crippen LogP contribution in [0.25, 0.3) is 0 Å². The van der Waals surface area contributed by atoms with Gasteiger partial charge in [-0.05, 0) is 17.6 Å². The predicted molar refractivity (Wildman–Crippen MR) is 39.5 cm³/mol. The summed E-state index contributed by atoms with van der Waals surface area (Å²) in [7, 11) is 0. The summed E-state index contributed by atoms with van der Waals surface area (Å²) in [6, 6.07) is -1.46. The number of carbonyl (C=O) groups is 1. The molecule has 0 fully saturated rings. The van der Waals surface area contributed by atoms with Crippen LogP contribution in [0, 0.1) is 0 Å². The molecule has 0 atom stereocenters. The molecule has 1 rings (SSSR count). The standard InChI is InChI=1S/C8H8O3/c9-4-3-6-1-2-7(10)8(11)5-6/h1-2,4-5,10-11H,3H2/i1D,2D,5D. The number of aldehydes is 1. The monoisotopic (exact) mass is 155 g/mol. The third-order valence-corrected chi connectivity index (χ3v) is 1.11. The molecule has 0 aliphatic rings. The molecular weight excluding hydrogens is 144 g/mol. The van der Waals surface area contributed by atoms with E-state index >= 15 is 0 Å². The van der Waals surface area contributed by atoms with E-state index in [0.717, 1.165) is 0 Å². The summed E-state index contributed by atoms with van der Waals surface area (Å²) in [4.78, 5) is 10.2. The van der Waals surface area contributed by atoms with E-state index in [1.54, 1.807) is 0 Å². The number of carbonyl (C=O) groups excluding carboxylic acids is 1. The van der Waals surface area contributed by atoms with E-state index in [2.05, 4.69) is 0 Å². The van der Waals surface area contributed by atoms with Crippen LogP contribution in [0.15, 0.2) is 18.1 Å². The molecule has 0 saturated carbocycles. The average molecular weight is 155 g/mol. The maximum absolute atomic E-state index is 10.2. The summed E-state index contributed by atoms with van der Waals surface area (Å²) in [6.07, 6.45) is 0.249. The molecule has 1 aromatic rings. The van der Waals surface area contributed by atoms with Crippen molar-refractivity contribution in [2.75, 3.05) is 0 Å². The normalized spacial score (nSPS) is 13.3. The summed E-state index contributed by atoms with van der Waals surface area (Å²) in [6.45, 7) is 0. The van der Waals surface area contributed by atoms with Gasteiger partial charge >= 0.3 is 0 Å². The van der Waals surface area contributed by atoms with Gasteiger partial charge in [0.25, 0.3) is 0 Å². The maximum Gasteiger partial charge on any atom is 0.157 e. The van der Waals surface area contributed by atoms with E-state index in [1.807, 2.05) is 0 Å². The molecule has 0 aliphatic carbocycles. The van der Waals surface area contributed by atoms with Crippen molar-refractivity contribution in [2.45, 2.75) is 6.42 Å². The van der Waals surface area contributed by atoms with Crippen LogP contribution in [0.4, 0.5) is 0 Å². The van der Waals surface area contributed by atoms with Crippen LogP contribution in [0.2, 0.25) is 0 Å². The van der Waals surface area contributed by atoms with Gasteiger partial charge in [-0.1, -0.05) is 6.04 Å². The van der Waals surface area contributed by atoms with Crippen LogP contribution in [0.1, 0.15) is 9.68 Å². The molecule has 3 nitrogen and oxygen atoms in total. The number of phenols is 2. The summed E-state index contributed by atoms with van der Waals surface area (Å²) in [5.74, 6) is -1.56. The van der Waals surface area contributed by atoms with Crippen molar-refractivity contribution in [3.63, 3.8) is 0 Å². The second-order valence-electron chi connectivity index (χ2n) is 1.92. The number of aromatic hydroxyl groups is 2. The van der Waals surface area contributed by atoms with Gasteiger partial charge in [0.2, 0.25) is 0 Å². The smallest absolute Gasteiger partial charge is 0.157 e. The van der Waals surface area contributed by atoms with Crippen molar-refractivity contribution in [3.8, 4) is 11.5 Å². The van der Waals surface area contributed by atoms with E-state index in [-0.39, 0.29) is 12.0 Å². The first-order valence-corrected chi connectivity index (χ1v) is 2.94. The lowest BCUT2D eigenvalue weighted by Crippen LogP contribution is -1.84. The van der Waals surface area contributed by atoms with E-state index in [0.29, 0.717) is 6.29 Å². The third kappa shape index (κ3) is 1.70. The van der Waals surface area contributed by atoms with Crippen molar-refractivity contribution < 1.29 is 19.1 Å². The summed E-state index contributed by atoms with van der Waals surface area (Å²) < 4.78 is 21.8. The molecule has 0 unspecified atom stereocenters. The van der Waals surface area contributed by atoms with Gasteiger partial charge in [-0.3, -0.25) is 0 Å². The van der Waals surface area contributed by atoms with Crippen LogP contribution in [0.3, 0.4) is 0 Å². The molecule has 0 saturated heterocycles. The second-order valence-corrected chi connectivity index (χ2v) is 1.92. The van der Waals surface area contributed by atoms with Crippen LogP contribution < -0.4 is 0 Å². The van der Waals surface area contributed by atoms with Crippen molar-refractivity contribution in [2.24, 2.45) is 0 Å². The van der Waals surface area contributed by atoms with Gasteiger partial charge in [0.15, 0.2) is 11.5 Å². The Hall–Kier alpha value is -1.51. The van der Waals surface area contributed by atoms with Gasteiger partial charge in [0, 0.05) is 6.42 Å². The van der Waals surface area contributed by atoms with E-state index < -0.39 is 29.6 Å². The van der Waals surface area contributed by atoms with E-state index in [9.17, 15) is 4.79 Å². The molecule has 2 N–H and O–H groups in total. The molecule has 0 aromatic heterocycles. The maximum atomic E-state index is 10.2. The molecule has 0 amide bonds. The van der Waals surface area contributed by atoms with Crippen LogP contribution in [-0.4, -0.2) is 16.5 Å². The fourth-order valence-corrected chi connectivity index (χ4v) is 0.613. The number of rotatable bonds is 2. The molecule has 0 heterocycles. The molecular formula is C8H8O3. The number of phenolic OH excluding ortho intramolecular Hbond substituents is 2. The van der Waals surface area contributed by atoms with E-state index in [1.165, 1.54) is 0 Å². The highest BCUT2D eigenvalue weighted by Crippen LogP contribution is 2.24. The SMILES string of the molecule is [2H]c1c([2H])c(CC=O)c([2H])c(O)c1O. The Morgan fingerprint density at radius 2 is 2.18 bits per heavy atom. The highest BCUT2D eigenvalue weighted by atomic mass is 16.3. The van der Waals surface area contributed by atoms with Gasteiger partial charge in [0.1, 0.15) is 6.29 Å². The lowest BCUT2D eigenvalue weighted by Gasteiger charge is -1.98. The number of hydrogen-bond acceptors (Lipinski definition) is 3. The Morgan fingerprint density at radius 1 is 1.45 bits per heavy atom. The van der Waals surface area contributed by atoms with Crippen LogP contribution in [-0.2, 0) is 11.2 Å². The first-order valence-electron chi connectivity index (χ1n) is 4.44. The fraction of sp³-hybridized carbons (Fsp3) is 0.125. The average Bonchev–Trinajstić information content (AvgIpc) is 2.19. The Morgan fingerprint density at radius 3 is 2.82 bits per heavy atom. The minimum atomic E-state index is -0.797. The van der Waals surface area contributed by atoms with Gasteiger partial charge < -0.3 is 15.0 Å². The minimum Gasteiger partial charge on any atom is -0.504 e. The lowest BCUT2D eigenvalue weighted by molar-refractivity contribution is -0.107. The molecule has 0 radical (unpaired) electrons. The first kappa shape index (κ1) is 4.38. The van der Waals surface area contributed by atoms with Gasteiger partial charge in [-0.25, -0.2) is 0 Å². The van der Waals surface area contributed by atoms with E-state index in [4.69, 9.17) is 14.3 Å². The largest absolute Gasteiger partial charge is 0.504 e. The topological polar surface area (TPSA) is 57.5 Å².